The maximum Gasteiger partial charge on any atom is 0.472 e. The molecule has 0 aliphatic heterocycles. The van der Waals surface area contributed by atoms with Gasteiger partial charge in [-0.2, -0.15) is 0 Å². The van der Waals surface area contributed by atoms with Crippen LogP contribution in [0, 0.1) is 23.7 Å². The summed E-state index contributed by atoms with van der Waals surface area (Å²) in [6.07, 6.45) is 40.4. The molecule has 0 spiro atoms. The molecule has 0 aromatic carbocycles. The average molecular weight is 1300 g/mol. The average Bonchev–Trinajstić information content (AvgIpc) is 3.39. The van der Waals surface area contributed by atoms with E-state index < -0.39 is 97.5 Å². The highest BCUT2D eigenvalue weighted by Gasteiger charge is 2.30. The van der Waals surface area contributed by atoms with Crippen LogP contribution in [-0.2, 0) is 65.4 Å². The lowest BCUT2D eigenvalue weighted by molar-refractivity contribution is -0.161. The minimum atomic E-state index is -4.95. The molecule has 3 N–H and O–H groups in total. The maximum absolute atomic E-state index is 13.0. The van der Waals surface area contributed by atoms with Crippen LogP contribution in [0.1, 0.15) is 338 Å². The third-order valence-electron chi connectivity index (χ3n) is 16.2. The summed E-state index contributed by atoms with van der Waals surface area (Å²) in [4.78, 5) is 72.5. The van der Waals surface area contributed by atoms with E-state index in [4.69, 9.17) is 37.0 Å². The summed E-state index contributed by atoms with van der Waals surface area (Å²) in [6, 6.07) is 0. The molecule has 19 heteroatoms. The van der Waals surface area contributed by atoms with Crippen molar-refractivity contribution in [2.75, 3.05) is 39.6 Å². The molecule has 0 aromatic heterocycles. The Kier molecular flexibility index (Phi) is 57.6. The van der Waals surface area contributed by atoms with E-state index in [1.807, 2.05) is 0 Å². The fourth-order valence-electron chi connectivity index (χ4n) is 10.3. The molecule has 0 radical (unpaired) electrons. The molecule has 88 heavy (non-hydrogen) atoms. The van der Waals surface area contributed by atoms with E-state index in [1.54, 1.807) is 0 Å². The van der Waals surface area contributed by atoms with Crippen molar-refractivity contribution in [1.29, 1.82) is 0 Å². The van der Waals surface area contributed by atoms with Crippen molar-refractivity contribution in [3.8, 4) is 0 Å². The van der Waals surface area contributed by atoms with Crippen LogP contribution in [0.15, 0.2) is 0 Å². The number of aliphatic hydroxyl groups excluding tert-OH is 1. The van der Waals surface area contributed by atoms with E-state index in [2.05, 4.69) is 55.4 Å². The van der Waals surface area contributed by atoms with Crippen molar-refractivity contribution in [2.24, 2.45) is 23.7 Å². The molecule has 0 fully saturated rings. The Balaban J connectivity index is 5.26. The first-order valence-corrected chi connectivity index (χ1v) is 38.7. The number of carbonyl (C=O) groups excluding carboxylic acids is 4. The predicted octanol–water partition coefficient (Wildman–Crippen LogP) is 19.3. The van der Waals surface area contributed by atoms with Gasteiger partial charge in [0, 0.05) is 25.7 Å². The zero-order chi connectivity index (χ0) is 65.4. The van der Waals surface area contributed by atoms with Crippen molar-refractivity contribution in [1.82, 2.24) is 0 Å². The molecule has 4 unspecified atom stereocenters. The van der Waals surface area contributed by atoms with Gasteiger partial charge in [0.2, 0.25) is 0 Å². The molecular weight excluding hydrogens is 1160 g/mol. The van der Waals surface area contributed by atoms with Crippen LogP contribution in [0.25, 0.3) is 0 Å². The summed E-state index contributed by atoms with van der Waals surface area (Å²) in [6.45, 7) is 14.0. The Morgan fingerprint density at radius 3 is 0.807 bits per heavy atom. The summed E-state index contributed by atoms with van der Waals surface area (Å²) < 4.78 is 68.2. The zero-order valence-corrected chi connectivity index (χ0v) is 59.1. The van der Waals surface area contributed by atoms with Crippen LogP contribution in [0.4, 0.5) is 0 Å². The first-order chi connectivity index (χ1) is 42.1. The third-order valence-corrected chi connectivity index (χ3v) is 18.1. The fourth-order valence-corrected chi connectivity index (χ4v) is 11.9. The number of rotatable bonds is 66. The number of hydrogen-bond acceptors (Lipinski definition) is 15. The van der Waals surface area contributed by atoms with Gasteiger partial charge in [-0.05, 0) is 49.4 Å². The van der Waals surface area contributed by atoms with E-state index in [0.29, 0.717) is 31.6 Å². The first-order valence-electron chi connectivity index (χ1n) is 35.7. The molecule has 0 amide bonds. The lowest BCUT2D eigenvalue weighted by Crippen LogP contribution is -2.30. The minimum absolute atomic E-state index is 0.102. The number of unbranched alkanes of at least 4 members (excludes halogenated alkanes) is 31. The van der Waals surface area contributed by atoms with Crippen molar-refractivity contribution in [2.45, 2.75) is 356 Å². The second kappa shape index (κ2) is 58.8. The number of phosphoric ester groups is 2. The largest absolute Gasteiger partial charge is 0.472 e. The highest BCUT2D eigenvalue weighted by molar-refractivity contribution is 7.47. The molecule has 6 atom stereocenters. The van der Waals surface area contributed by atoms with Gasteiger partial charge >= 0.3 is 39.5 Å². The summed E-state index contributed by atoms with van der Waals surface area (Å²) in [7, 11) is -9.90. The van der Waals surface area contributed by atoms with E-state index in [1.165, 1.54) is 135 Å². The predicted molar refractivity (Wildman–Crippen MR) is 354 cm³/mol. The zero-order valence-electron chi connectivity index (χ0n) is 57.3. The quantitative estimate of drug-likeness (QED) is 0.0222. The normalized spacial score (nSPS) is 14.6. The van der Waals surface area contributed by atoms with Crippen LogP contribution in [0.3, 0.4) is 0 Å². The van der Waals surface area contributed by atoms with Crippen molar-refractivity contribution < 1.29 is 80.2 Å². The number of esters is 4. The van der Waals surface area contributed by atoms with Gasteiger partial charge in [0.25, 0.3) is 0 Å². The molecule has 0 heterocycles. The lowest BCUT2D eigenvalue weighted by Gasteiger charge is -2.21. The van der Waals surface area contributed by atoms with Gasteiger partial charge in [0.05, 0.1) is 26.4 Å². The molecular formula is C69H134O17P2. The van der Waals surface area contributed by atoms with Crippen molar-refractivity contribution in [3.63, 3.8) is 0 Å². The molecule has 522 valence electrons. The SMILES string of the molecule is CCC(C)CCCCCCCCC(=O)O[C@H](COC(=O)CCCCCCCCCC(C)C)COP(=O)(O)OCC(O)COP(=O)(O)OC[C@@H](COC(=O)CCCCCCCCCCCCC(C)C)OC(=O)CCCCCCCCCCCCCCC(C)C. The Morgan fingerprint density at radius 1 is 0.318 bits per heavy atom. The Labute approximate surface area is 537 Å². The second-order valence-electron chi connectivity index (χ2n) is 26.6. The number of ether oxygens (including phenoxy) is 4. The molecule has 17 nitrogen and oxygen atoms in total. The number of phosphoric acid groups is 2. The van der Waals surface area contributed by atoms with Crippen LogP contribution >= 0.6 is 15.6 Å². The van der Waals surface area contributed by atoms with Gasteiger partial charge in [-0.15, -0.1) is 0 Å². The summed E-state index contributed by atoms with van der Waals surface area (Å²) in [5, 5.41) is 10.6. The highest BCUT2D eigenvalue weighted by Crippen LogP contribution is 2.45. The van der Waals surface area contributed by atoms with Crippen LogP contribution in [0.5, 0.6) is 0 Å². The minimum Gasteiger partial charge on any atom is -0.462 e. The van der Waals surface area contributed by atoms with Gasteiger partial charge in [-0.3, -0.25) is 37.3 Å². The molecule has 0 saturated heterocycles. The van der Waals surface area contributed by atoms with Gasteiger partial charge < -0.3 is 33.8 Å². The Morgan fingerprint density at radius 2 is 0.545 bits per heavy atom. The standard InChI is InChI=1S/C69H134O17P2/c1-9-62(8)48-40-32-27-28-36-44-52-69(74)86-65(56-80-67(72)50-42-34-26-20-23-31-39-47-61(6)7)58-84-88(77,78)82-54-63(70)53-81-87(75,76)83-57-64(55-79-66(71)49-41-33-24-18-15-14-17-22-30-38-46-60(4)5)85-68(73)51-43-35-25-19-13-11-10-12-16-21-29-37-45-59(2)3/h59-65,70H,9-58H2,1-8H3,(H,75,76)(H,77,78)/t62?,63?,64-,65-/m1/s1. The lowest BCUT2D eigenvalue weighted by atomic mass is 10.00. The maximum atomic E-state index is 13.0. The number of aliphatic hydroxyl groups is 1. The Bertz CT molecular complexity index is 1750. The molecule has 0 aromatic rings. The van der Waals surface area contributed by atoms with Crippen molar-refractivity contribution in [3.05, 3.63) is 0 Å². The van der Waals surface area contributed by atoms with Crippen molar-refractivity contribution >= 4 is 39.5 Å². The van der Waals surface area contributed by atoms with Gasteiger partial charge in [0.1, 0.15) is 19.3 Å². The molecule has 0 saturated carbocycles. The molecule has 0 bridgehead atoms. The van der Waals surface area contributed by atoms with Crippen LogP contribution in [0.2, 0.25) is 0 Å². The van der Waals surface area contributed by atoms with Gasteiger partial charge in [-0.25, -0.2) is 9.13 Å². The van der Waals surface area contributed by atoms with E-state index in [0.717, 1.165) is 114 Å². The highest BCUT2D eigenvalue weighted by atomic mass is 31.2. The summed E-state index contributed by atoms with van der Waals surface area (Å²) in [5.74, 6) is 0.827. The summed E-state index contributed by atoms with van der Waals surface area (Å²) >= 11 is 0. The Hall–Kier alpha value is -1.94. The number of carbonyl (C=O) groups is 4. The molecule has 0 rings (SSSR count). The van der Waals surface area contributed by atoms with Gasteiger partial charge in [0.15, 0.2) is 12.2 Å². The topological polar surface area (TPSA) is 237 Å². The second-order valence-corrected chi connectivity index (χ2v) is 29.5. The van der Waals surface area contributed by atoms with E-state index in [-0.39, 0.29) is 25.7 Å². The smallest absolute Gasteiger partial charge is 0.462 e. The van der Waals surface area contributed by atoms with Crippen LogP contribution in [-0.4, -0.2) is 96.7 Å². The van der Waals surface area contributed by atoms with E-state index >= 15 is 0 Å². The monoisotopic (exact) mass is 1300 g/mol. The fraction of sp³-hybridized carbons (Fsp3) is 0.942. The molecule has 0 aliphatic rings. The number of hydrogen-bond donors (Lipinski definition) is 3. The molecule has 0 aliphatic carbocycles. The van der Waals surface area contributed by atoms with Crippen LogP contribution < -0.4 is 0 Å². The van der Waals surface area contributed by atoms with E-state index in [9.17, 15) is 43.2 Å². The third kappa shape index (κ3) is 61.6. The van der Waals surface area contributed by atoms with Gasteiger partial charge in [-0.1, -0.05) is 287 Å². The first kappa shape index (κ1) is 86.1. The summed E-state index contributed by atoms with van der Waals surface area (Å²) in [5.41, 5.74) is 0.